The number of nitrogens with zero attached hydrogens (tertiary/aromatic N) is 1. The van der Waals surface area contributed by atoms with Crippen molar-refractivity contribution in [3.8, 4) is 5.75 Å². The van der Waals surface area contributed by atoms with Gasteiger partial charge in [0.15, 0.2) is 0 Å². The molecule has 110 valence electrons. The van der Waals surface area contributed by atoms with E-state index in [0.717, 1.165) is 24.2 Å². The molecule has 5 heteroatoms. The SMILES string of the molecule is COc1ccc(CN2CC(CCCN)OCC2=O)cc1. The number of ether oxygens (including phenoxy) is 2. The molecule has 0 aromatic heterocycles. The molecule has 1 aromatic rings. The van der Waals surface area contributed by atoms with Crippen LogP contribution in [-0.2, 0) is 16.1 Å². The van der Waals surface area contributed by atoms with Gasteiger partial charge in [-0.1, -0.05) is 12.1 Å². The maximum atomic E-state index is 11.9. The number of carbonyl (C=O) groups is 1. The molecule has 1 aliphatic heterocycles. The molecule has 0 spiro atoms. The normalized spacial score (nSPS) is 19.2. The van der Waals surface area contributed by atoms with Crippen LogP contribution < -0.4 is 10.5 Å². The summed E-state index contributed by atoms with van der Waals surface area (Å²) in [5.41, 5.74) is 6.61. The molecule has 5 nitrogen and oxygen atoms in total. The molecular weight excluding hydrogens is 256 g/mol. The highest BCUT2D eigenvalue weighted by molar-refractivity contribution is 5.78. The number of nitrogens with two attached hydrogens (primary N) is 1. The van der Waals surface area contributed by atoms with E-state index in [1.165, 1.54) is 0 Å². The number of amides is 1. The lowest BCUT2D eigenvalue weighted by atomic mass is 10.1. The van der Waals surface area contributed by atoms with Gasteiger partial charge in [-0.15, -0.1) is 0 Å². The Bertz CT molecular complexity index is 433. The van der Waals surface area contributed by atoms with Crippen LogP contribution >= 0.6 is 0 Å². The summed E-state index contributed by atoms with van der Waals surface area (Å²) < 4.78 is 10.7. The van der Waals surface area contributed by atoms with Crippen molar-refractivity contribution in [2.45, 2.75) is 25.5 Å². The van der Waals surface area contributed by atoms with Gasteiger partial charge in [-0.25, -0.2) is 0 Å². The lowest BCUT2D eigenvalue weighted by molar-refractivity contribution is -0.150. The zero-order chi connectivity index (χ0) is 14.4. The van der Waals surface area contributed by atoms with E-state index in [1.54, 1.807) is 7.11 Å². The lowest BCUT2D eigenvalue weighted by Gasteiger charge is -2.33. The summed E-state index contributed by atoms with van der Waals surface area (Å²) in [5, 5.41) is 0. The van der Waals surface area contributed by atoms with Crippen molar-refractivity contribution in [3.05, 3.63) is 29.8 Å². The van der Waals surface area contributed by atoms with Crippen LogP contribution in [0.2, 0.25) is 0 Å². The summed E-state index contributed by atoms with van der Waals surface area (Å²) in [5.74, 6) is 0.868. The molecule has 0 aliphatic carbocycles. The Labute approximate surface area is 119 Å². The van der Waals surface area contributed by atoms with E-state index < -0.39 is 0 Å². The van der Waals surface area contributed by atoms with E-state index in [9.17, 15) is 4.79 Å². The van der Waals surface area contributed by atoms with E-state index in [4.69, 9.17) is 15.2 Å². The van der Waals surface area contributed by atoms with E-state index in [0.29, 0.717) is 19.6 Å². The monoisotopic (exact) mass is 278 g/mol. The van der Waals surface area contributed by atoms with Crippen molar-refractivity contribution in [1.29, 1.82) is 0 Å². The molecule has 2 N–H and O–H groups in total. The van der Waals surface area contributed by atoms with Crippen LogP contribution in [0.25, 0.3) is 0 Å². The minimum absolute atomic E-state index is 0.0461. The fourth-order valence-electron chi connectivity index (χ4n) is 2.30. The maximum Gasteiger partial charge on any atom is 0.248 e. The smallest absolute Gasteiger partial charge is 0.248 e. The highest BCUT2D eigenvalue weighted by atomic mass is 16.5. The van der Waals surface area contributed by atoms with Gasteiger partial charge in [-0.3, -0.25) is 4.79 Å². The molecule has 1 aliphatic rings. The first-order chi connectivity index (χ1) is 9.72. The predicted molar refractivity (Wildman–Crippen MR) is 76.4 cm³/mol. The predicted octanol–water partition coefficient (Wildman–Crippen LogP) is 1.16. The Hall–Kier alpha value is -1.59. The van der Waals surface area contributed by atoms with Gasteiger partial charge in [0, 0.05) is 13.1 Å². The second-order valence-electron chi connectivity index (χ2n) is 4.99. The van der Waals surface area contributed by atoms with Crippen molar-refractivity contribution in [3.63, 3.8) is 0 Å². The minimum Gasteiger partial charge on any atom is -0.497 e. The van der Waals surface area contributed by atoms with Crippen molar-refractivity contribution in [2.75, 3.05) is 26.8 Å². The van der Waals surface area contributed by atoms with Gasteiger partial charge in [-0.05, 0) is 37.1 Å². The molecule has 1 saturated heterocycles. The zero-order valence-electron chi connectivity index (χ0n) is 11.9. The molecule has 20 heavy (non-hydrogen) atoms. The Morgan fingerprint density at radius 2 is 2.15 bits per heavy atom. The fourth-order valence-corrected chi connectivity index (χ4v) is 2.30. The summed E-state index contributed by atoms with van der Waals surface area (Å²) in [6, 6.07) is 7.78. The molecule has 0 saturated carbocycles. The molecule has 0 bridgehead atoms. The molecule has 2 rings (SSSR count). The van der Waals surface area contributed by atoms with Crippen molar-refractivity contribution in [1.82, 2.24) is 4.90 Å². The minimum atomic E-state index is 0.0461. The number of methoxy groups -OCH3 is 1. The second-order valence-corrected chi connectivity index (χ2v) is 4.99. The van der Waals surface area contributed by atoms with Gasteiger partial charge in [-0.2, -0.15) is 0 Å². The Kier molecular flexibility index (Phi) is 5.38. The van der Waals surface area contributed by atoms with E-state index >= 15 is 0 Å². The first-order valence-electron chi connectivity index (χ1n) is 6.95. The van der Waals surface area contributed by atoms with Crippen molar-refractivity contribution >= 4 is 5.91 Å². The van der Waals surface area contributed by atoms with Gasteiger partial charge in [0.25, 0.3) is 0 Å². The summed E-state index contributed by atoms with van der Waals surface area (Å²) in [6.07, 6.45) is 1.94. The lowest BCUT2D eigenvalue weighted by Crippen LogP contribution is -2.46. The second kappa shape index (κ2) is 7.26. The fraction of sp³-hybridized carbons (Fsp3) is 0.533. The molecule has 1 unspecified atom stereocenters. The zero-order valence-corrected chi connectivity index (χ0v) is 11.9. The number of hydrogen-bond donors (Lipinski definition) is 1. The van der Waals surface area contributed by atoms with Gasteiger partial charge in [0.1, 0.15) is 12.4 Å². The number of carbonyl (C=O) groups excluding carboxylic acids is 1. The van der Waals surface area contributed by atoms with Gasteiger partial charge in [0.2, 0.25) is 5.91 Å². The third-order valence-electron chi connectivity index (χ3n) is 3.48. The highest BCUT2D eigenvalue weighted by Crippen LogP contribution is 2.17. The molecule has 1 fully saturated rings. The summed E-state index contributed by atoms with van der Waals surface area (Å²) in [7, 11) is 1.64. The van der Waals surface area contributed by atoms with E-state index in [-0.39, 0.29) is 18.6 Å². The maximum absolute atomic E-state index is 11.9. The number of hydrogen-bond acceptors (Lipinski definition) is 4. The van der Waals surface area contributed by atoms with Crippen LogP contribution in [0.3, 0.4) is 0 Å². The Balaban J connectivity index is 1.93. The summed E-state index contributed by atoms with van der Waals surface area (Å²) in [6.45, 7) is 2.09. The van der Waals surface area contributed by atoms with Crippen LogP contribution in [0.4, 0.5) is 0 Å². The molecule has 1 atom stereocenters. The van der Waals surface area contributed by atoms with Gasteiger partial charge in [0.05, 0.1) is 13.2 Å². The third-order valence-corrected chi connectivity index (χ3v) is 3.48. The first-order valence-corrected chi connectivity index (χ1v) is 6.95. The number of morpholine rings is 1. The standard InChI is InChI=1S/C15H22N2O3/c1-19-13-6-4-12(5-7-13)9-17-10-14(3-2-8-16)20-11-15(17)18/h4-7,14H,2-3,8-11,16H2,1H3. The number of rotatable bonds is 6. The topological polar surface area (TPSA) is 64.8 Å². The van der Waals surface area contributed by atoms with Crippen LogP contribution in [0, 0.1) is 0 Å². The molecule has 1 heterocycles. The molecule has 0 radical (unpaired) electrons. The van der Waals surface area contributed by atoms with Crippen LogP contribution in [-0.4, -0.2) is 43.7 Å². The molecule has 1 aromatic carbocycles. The van der Waals surface area contributed by atoms with Crippen molar-refractivity contribution in [2.24, 2.45) is 5.73 Å². The summed E-state index contributed by atoms with van der Waals surface area (Å²) >= 11 is 0. The Morgan fingerprint density at radius 3 is 2.80 bits per heavy atom. The molecular formula is C15H22N2O3. The first kappa shape index (κ1) is 14.8. The third kappa shape index (κ3) is 3.95. The highest BCUT2D eigenvalue weighted by Gasteiger charge is 2.25. The average Bonchev–Trinajstić information content (AvgIpc) is 2.49. The van der Waals surface area contributed by atoms with Crippen LogP contribution in [0.1, 0.15) is 18.4 Å². The number of benzene rings is 1. The van der Waals surface area contributed by atoms with E-state index in [1.807, 2.05) is 29.2 Å². The largest absolute Gasteiger partial charge is 0.497 e. The van der Waals surface area contributed by atoms with Crippen LogP contribution in [0.15, 0.2) is 24.3 Å². The summed E-state index contributed by atoms with van der Waals surface area (Å²) in [4.78, 5) is 13.7. The van der Waals surface area contributed by atoms with Gasteiger partial charge < -0.3 is 20.1 Å². The average molecular weight is 278 g/mol. The quantitative estimate of drug-likeness (QED) is 0.848. The Morgan fingerprint density at radius 1 is 1.40 bits per heavy atom. The van der Waals surface area contributed by atoms with Crippen LogP contribution in [0.5, 0.6) is 5.75 Å². The van der Waals surface area contributed by atoms with Crippen molar-refractivity contribution < 1.29 is 14.3 Å². The molecule has 1 amide bonds. The van der Waals surface area contributed by atoms with E-state index in [2.05, 4.69) is 0 Å². The van der Waals surface area contributed by atoms with Gasteiger partial charge >= 0.3 is 0 Å².